The second-order valence-corrected chi connectivity index (χ2v) is 6.49. The van der Waals surface area contributed by atoms with Crippen LogP contribution in [0.2, 0.25) is 0 Å². The summed E-state index contributed by atoms with van der Waals surface area (Å²) < 4.78 is 1.27. The second kappa shape index (κ2) is 5.99. The highest BCUT2D eigenvalue weighted by Gasteiger charge is 2.13. The van der Waals surface area contributed by atoms with Crippen molar-refractivity contribution in [1.82, 2.24) is 4.57 Å². The van der Waals surface area contributed by atoms with E-state index in [1.54, 1.807) is 42.5 Å². The van der Waals surface area contributed by atoms with Crippen molar-refractivity contribution in [3.05, 3.63) is 73.1 Å². The number of phenolic OH excluding ortho intramolecular Hbond substituents is 1. The van der Waals surface area contributed by atoms with Crippen LogP contribution in [0, 0.1) is 0 Å². The summed E-state index contributed by atoms with van der Waals surface area (Å²) in [6, 6.07) is 12.0. The molecule has 3 aromatic rings. The molecule has 4 rings (SSSR count). The summed E-state index contributed by atoms with van der Waals surface area (Å²) in [7, 11) is 0. The van der Waals surface area contributed by atoms with Gasteiger partial charge in [-0.2, -0.15) is 0 Å². The molecular formula is C17H12N4O3S. The second-order valence-electron chi connectivity index (χ2n) is 5.49. The lowest BCUT2D eigenvalue weighted by molar-refractivity contribution is 0.420. The van der Waals surface area contributed by atoms with Gasteiger partial charge in [0.2, 0.25) is 5.88 Å². The molecule has 124 valence electrons. The highest BCUT2D eigenvalue weighted by Crippen LogP contribution is 2.22. The summed E-state index contributed by atoms with van der Waals surface area (Å²) in [6.45, 7) is 0.181. The Morgan fingerprint density at radius 3 is 2.88 bits per heavy atom. The minimum absolute atomic E-state index is 0.106. The number of hydrogen-bond donors (Lipinski definition) is 2. The molecule has 1 aliphatic rings. The van der Waals surface area contributed by atoms with Crippen LogP contribution in [0.15, 0.2) is 62.7 Å². The lowest BCUT2D eigenvalue weighted by atomic mass is 10.2. The molecule has 0 saturated carbocycles. The molecule has 2 N–H and O–H groups in total. The van der Waals surface area contributed by atoms with E-state index in [9.17, 15) is 15.0 Å². The molecular weight excluding hydrogens is 340 g/mol. The van der Waals surface area contributed by atoms with Crippen LogP contribution in [-0.4, -0.2) is 14.8 Å². The maximum absolute atomic E-state index is 12.2. The molecule has 0 radical (unpaired) electrons. The quantitative estimate of drug-likeness (QED) is 0.752. The van der Waals surface area contributed by atoms with E-state index in [2.05, 4.69) is 15.4 Å². The summed E-state index contributed by atoms with van der Waals surface area (Å²) in [5, 5.41) is 32.8. The maximum atomic E-state index is 12.2. The van der Waals surface area contributed by atoms with E-state index >= 15 is 0 Å². The van der Waals surface area contributed by atoms with E-state index in [1.165, 1.54) is 4.57 Å². The van der Waals surface area contributed by atoms with Gasteiger partial charge in [-0.25, -0.2) is 0 Å². The summed E-state index contributed by atoms with van der Waals surface area (Å²) in [4.78, 5) is 12.4. The molecule has 7 nitrogen and oxygen atoms in total. The largest absolute Gasteiger partial charge is 0.508 e. The molecule has 25 heavy (non-hydrogen) atoms. The van der Waals surface area contributed by atoms with Crippen molar-refractivity contribution in [3.8, 4) is 11.6 Å². The number of benzene rings is 2. The van der Waals surface area contributed by atoms with Crippen LogP contribution in [0.4, 0.5) is 5.69 Å². The van der Waals surface area contributed by atoms with E-state index < -0.39 is 0 Å². The third kappa shape index (κ3) is 2.94. The first-order valence-corrected chi connectivity index (χ1v) is 8.23. The van der Waals surface area contributed by atoms with Gasteiger partial charge in [-0.3, -0.25) is 9.36 Å². The molecule has 0 atom stereocenters. The van der Waals surface area contributed by atoms with Crippen molar-refractivity contribution in [3.63, 3.8) is 0 Å². The number of hydrogen-bond acceptors (Lipinski definition) is 7. The van der Waals surface area contributed by atoms with E-state index in [-0.39, 0.29) is 23.0 Å². The van der Waals surface area contributed by atoms with Crippen molar-refractivity contribution in [2.24, 2.45) is 15.4 Å². The molecule has 0 unspecified atom stereocenters. The van der Waals surface area contributed by atoms with Gasteiger partial charge in [0.25, 0.3) is 0 Å². The summed E-state index contributed by atoms with van der Waals surface area (Å²) in [5.74, 6) is 0.00919. The minimum atomic E-state index is -0.275. The van der Waals surface area contributed by atoms with E-state index in [1.807, 2.05) is 6.07 Å². The molecule has 1 aliphatic heterocycles. The SMILES string of the molecule is O=c1sc(C=c2ccc3c(c2)N=NN=3)c(O)n1Cc1cccc(O)c1. The molecule has 0 spiro atoms. The van der Waals surface area contributed by atoms with Crippen molar-refractivity contribution < 1.29 is 10.2 Å². The monoisotopic (exact) mass is 352 g/mol. The van der Waals surface area contributed by atoms with Crippen LogP contribution in [0.25, 0.3) is 6.08 Å². The number of thiazole rings is 1. The van der Waals surface area contributed by atoms with Gasteiger partial charge in [0.1, 0.15) is 16.8 Å². The zero-order valence-corrected chi connectivity index (χ0v) is 13.6. The van der Waals surface area contributed by atoms with Gasteiger partial charge in [0.05, 0.1) is 11.4 Å². The third-order valence-electron chi connectivity index (χ3n) is 3.75. The standard InChI is InChI=1S/C17H12N4O3S/c22-12-3-1-2-11(6-12)9-21-16(23)15(25-17(21)24)8-10-4-5-13-14(7-10)19-20-18-13/h1-8,22-23H,9H2. The van der Waals surface area contributed by atoms with Crippen molar-refractivity contribution in [1.29, 1.82) is 0 Å². The average Bonchev–Trinajstić information content (AvgIpc) is 3.15. The van der Waals surface area contributed by atoms with E-state index in [4.69, 9.17) is 0 Å². The molecule has 2 heterocycles. The van der Waals surface area contributed by atoms with Gasteiger partial charge < -0.3 is 10.2 Å². The average molecular weight is 352 g/mol. The molecule has 0 bridgehead atoms. The predicted molar refractivity (Wildman–Crippen MR) is 92.8 cm³/mol. The predicted octanol–water partition coefficient (Wildman–Crippen LogP) is 1.83. The topological polar surface area (TPSA) is 99.5 Å². The first kappa shape index (κ1) is 15.3. The van der Waals surface area contributed by atoms with Crippen LogP contribution >= 0.6 is 11.3 Å². The first-order valence-electron chi connectivity index (χ1n) is 7.41. The minimum Gasteiger partial charge on any atom is -0.508 e. The highest BCUT2D eigenvalue weighted by atomic mass is 32.1. The Kier molecular flexibility index (Phi) is 3.66. The fraction of sp³-hybridized carbons (Fsp3) is 0.0588. The molecule has 0 saturated heterocycles. The molecule has 8 heteroatoms. The van der Waals surface area contributed by atoms with Gasteiger partial charge in [-0.1, -0.05) is 29.5 Å². The Morgan fingerprint density at radius 1 is 1.16 bits per heavy atom. The van der Waals surface area contributed by atoms with Crippen molar-refractivity contribution in [2.45, 2.75) is 6.54 Å². The maximum Gasteiger partial charge on any atom is 0.310 e. The third-order valence-corrected chi connectivity index (χ3v) is 4.66. The molecule has 2 aromatic carbocycles. The Labute approximate surface area is 145 Å². The van der Waals surface area contributed by atoms with Crippen LogP contribution in [0.5, 0.6) is 11.6 Å². The van der Waals surface area contributed by atoms with Crippen LogP contribution < -0.4 is 15.4 Å². The first-order chi connectivity index (χ1) is 12.1. The molecule has 0 amide bonds. The number of aromatic nitrogens is 1. The number of phenols is 1. The van der Waals surface area contributed by atoms with Crippen LogP contribution in [0.1, 0.15) is 10.4 Å². The van der Waals surface area contributed by atoms with Gasteiger partial charge in [0, 0.05) is 0 Å². The Bertz CT molecular complexity index is 1180. The molecule has 0 aliphatic carbocycles. The molecule has 0 fully saturated rings. The van der Waals surface area contributed by atoms with Crippen molar-refractivity contribution in [2.75, 3.05) is 0 Å². The normalized spacial score (nSPS) is 13.0. The number of aromatic hydroxyl groups is 2. The zero-order valence-electron chi connectivity index (χ0n) is 12.8. The zero-order chi connectivity index (χ0) is 17.4. The summed E-state index contributed by atoms with van der Waals surface area (Å²) in [5.41, 5.74) is 1.38. The van der Waals surface area contributed by atoms with Crippen LogP contribution in [-0.2, 0) is 6.54 Å². The van der Waals surface area contributed by atoms with E-state index in [0.29, 0.717) is 15.9 Å². The Morgan fingerprint density at radius 2 is 2.04 bits per heavy atom. The van der Waals surface area contributed by atoms with Gasteiger partial charge in [-0.15, -0.1) is 10.2 Å². The van der Waals surface area contributed by atoms with E-state index in [0.717, 1.165) is 22.1 Å². The van der Waals surface area contributed by atoms with Gasteiger partial charge in [-0.05, 0) is 46.3 Å². The Balaban J connectivity index is 1.73. The smallest absolute Gasteiger partial charge is 0.310 e. The molecule has 1 aromatic heterocycles. The summed E-state index contributed by atoms with van der Waals surface area (Å²) >= 11 is 0.954. The lowest BCUT2D eigenvalue weighted by Crippen LogP contribution is -2.13. The van der Waals surface area contributed by atoms with Gasteiger partial charge >= 0.3 is 4.87 Å². The fourth-order valence-electron chi connectivity index (χ4n) is 2.55. The lowest BCUT2D eigenvalue weighted by Gasteiger charge is -2.04. The van der Waals surface area contributed by atoms with Crippen LogP contribution in [0.3, 0.4) is 0 Å². The number of nitrogens with zero attached hydrogens (tertiary/aromatic N) is 4. The number of fused-ring (bicyclic) bond motifs is 1. The Hall–Kier alpha value is -3.26. The highest BCUT2D eigenvalue weighted by molar-refractivity contribution is 7.10. The van der Waals surface area contributed by atoms with Crippen molar-refractivity contribution >= 4 is 23.1 Å². The number of rotatable bonds is 3. The summed E-state index contributed by atoms with van der Waals surface area (Å²) in [6.07, 6.45) is 1.72. The van der Waals surface area contributed by atoms with Gasteiger partial charge in [0.15, 0.2) is 0 Å². The fourth-order valence-corrected chi connectivity index (χ4v) is 3.40.